The van der Waals surface area contributed by atoms with Gasteiger partial charge in [0.05, 0.1) is 14.6 Å². The summed E-state index contributed by atoms with van der Waals surface area (Å²) in [4.78, 5) is 8.80. The summed E-state index contributed by atoms with van der Waals surface area (Å²) in [5.41, 5.74) is 3.16. The molecule has 0 fully saturated rings. The van der Waals surface area contributed by atoms with Gasteiger partial charge in [-0.3, -0.25) is 0 Å². The van der Waals surface area contributed by atoms with Crippen LogP contribution < -0.4 is 14.8 Å². The lowest BCUT2D eigenvalue weighted by Gasteiger charge is -2.19. The molecule has 0 saturated carbocycles. The van der Waals surface area contributed by atoms with E-state index in [0.717, 1.165) is 41.3 Å². The molecule has 2 N–H and O–H groups in total. The zero-order valence-electron chi connectivity index (χ0n) is 16.1. The summed E-state index contributed by atoms with van der Waals surface area (Å²) in [6, 6.07) is 14.0. The Balaban J connectivity index is 1.35. The number of ether oxygens (including phenoxy) is 2. The van der Waals surface area contributed by atoms with E-state index in [1.54, 1.807) is 0 Å². The highest BCUT2D eigenvalue weighted by Crippen LogP contribution is 2.30. The Labute approximate surface area is 170 Å². The van der Waals surface area contributed by atoms with Gasteiger partial charge in [-0.25, -0.2) is 19.0 Å². The van der Waals surface area contributed by atoms with Crippen LogP contribution >= 0.6 is 0 Å². The lowest BCUT2D eigenvalue weighted by atomic mass is 10.1. The first-order chi connectivity index (χ1) is 14.0. The predicted octanol–water partition coefficient (Wildman–Crippen LogP) is 3.24. The van der Waals surface area contributed by atoms with Crippen LogP contribution in [0.1, 0.15) is 11.1 Å². The van der Waals surface area contributed by atoms with E-state index in [-0.39, 0.29) is 0 Å². The quantitative estimate of drug-likeness (QED) is 0.648. The molecular weight excluding hydrogens is 388 g/mol. The van der Waals surface area contributed by atoms with Crippen molar-refractivity contribution in [2.45, 2.75) is 18.0 Å². The molecule has 0 spiro atoms. The zero-order chi connectivity index (χ0) is 20.3. The van der Waals surface area contributed by atoms with Crippen molar-refractivity contribution in [1.29, 1.82) is 4.78 Å². The second-order valence-corrected chi connectivity index (χ2v) is 9.02. The molecule has 0 unspecified atom stereocenters. The van der Waals surface area contributed by atoms with Gasteiger partial charge in [-0.15, -0.1) is 0 Å². The Morgan fingerprint density at radius 2 is 1.59 bits per heavy atom. The number of hydrogen-bond acceptors (Lipinski definition) is 7. The molecule has 0 radical (unpaired) electrons. The number of rotatable bonds is 6. The molecule has 7 nitrogen and oxygen atoms in total. The van der Waals surface area contributed by atoms with Gasteiger partial charge in [0.2, 0.25) is 0 Å². The molecule has 150 valence electrons. The van der Waals surface area contributed by atoms with E-state index in [1.165, 1.54) is 18.6 Å². The van der Waals surface area contributed by atoms with Crippen LogP contribution in [-0.2, 0) is 22.8 Å². The molecule has 1 atom stereocenters. The smallest absolute Gasteiger partial charge is 0.161 e. The molecule has 1 aliphatic heterocycles. The standard InChI is InChI=1S/C21H22N4O3S/c1-29(22,26)18-13-24-21(25-14-18)17-5-2-15(3-6-17)11-23-12-16-4-7-19-20(10-16)28-9-8-27-19/h2-7,10,13-14,22-23H,8-9,11-12H2,1H3/t29-/m1/s1. The van der Waals surface area contributed by atoms with Crippen LogP contribution in [-0.4, -0.2) is 33.6 Å². The summed E-state index contributed by atoms with van der Waals surface area (Å²) in [6.07, 6.45) is 4.28. The molecule has 1 aromatic heterocycles. The first-order valence-electron chi connectivity index (χ1n) is 9.23. The van der Waals surface area contributed by atoms with E-state index in [2.05, 4.69) is 15.3 Å². The van der Waals surface area contributed by atoms with Gasteiger partial charge in [-0.05, 0) is 23.3 Å². The van der Waals surface area contributed by atoms with Crippen molar-refractivity contribution in [3.05, 3.63) is 66.0 Å². The zero-order valence-corrected chi connectivity index (χ0v) is 16.9. The third kappa shape index (κ3) is 4.72. The Hall–Kier alpha value is -2.97. The van der Waals surface area contributed by atoms with Crippen molar-refractivity contribution in [3.8, 4) is 22.9 Å². The van der Waals surface area contributed by atoms with Gasteiger partial charge in [0, 0.05) is 37.3 Å². The third-order valence-corrected chi connectivity index (χ3v) is 5.67. The topological polar surface area (TPSA) is 97.2 Å². The minimum Gasteiger partial charge on any atom is -0.486 e. The second-order valence-electron chi connectivity index (χ2n) is 6.86. The van der Waals surface area contributed by atoms with Crippen molar-refractivity contribution < 1.29 is 13.7 Å². The van der Waals surface area contributed by atoms with Gasteiger partial charge in [0.15, 0.2) is 17.3 Å². The highest BCUT2D eigenvalue weighted by Gasteiger charge is 2.11. The Morgan fingerprint density at radius 3 is 2.28 bits per heavy atom. The molecule has 2 aromatic carbocycles. The fourth-order valence-electron chi connectivity index (χ4n) is 2.99. The minimum absolute atomic E-state index is 0.334. The Kier molecular flexibility index (Phi) is 5.46. The van der Waals surface area contributed by atoms with Gasteiger partial charge < -0.3 is 14.8 Å². The van der Waals surface area contributed by atoms with E-state index in [9.17, 15) is 4.21 Å². The molecule has 0 saturated heterocycles. The van der Waals surface area contributed by atoms with E-state index in [1.807, 2.05) is 42.5 Å². The van der Waals surface area contributed by atoms with Crippen LogP contribution in [0.2, 0.25) is 0 Å². The summed E-state index contributed by atoms with van der Waals surface area (Å²) in [7, 11) is -2.80. The molecule has 0 aliphatic carbocycles. The number of fused-ring (bicyclic) bond motifs is 1. The van der Waals surface area contributed by atoms with Crippen LogP contribution in [0.25, 0.3) is 11.4 Å². The van der Waals surface area contributed by atoms with Gasteiger partial charge in [0.25, 0.3) is 0 Å². The van der Waals surface area contributed by atoms with Crippen LogP contribution in [0.3, 0.4) is 0 Å². The number of nitrogens with one attached hydrogen (secondary N) is 2. The van der Waals surface area contributed by atoms with E-state index >= 15 is 0 Å². The molecule has 4 rings (SSSR count). The van der Waals surface area contributed by atoms with Gasteiger partial charge in [0.1, 0.15) is 13.2 Å². The van der Waals surface area contributed by atoms with E-state index in [4.69, 9.17) is 14.3 Å². The monoisotopic (exact) mass is 410 g/mol. The maximum atomic E-state index is 11.7. The summed E-state index contributed by atoms with van der Waals surface area (Å²) < 4.78 is 30.5. The van der Waals surface area contributed by atoms with Crippen LogP contribution in [0, 0.1) is 4.78 Å². The molecule has 3 aromatic rings. The van der Waals surface area contributed by atoms with Crippen molar-refractivity contribution in [2.75, 3.05) is 19.5 Å². The highest BCUT2D eigenvalue weighted by atomic mass is 32.2. The molecule has 0 amide bonds. The van der Waals surface area contributed by atoms with Crippen molar-refractivity contribution >= 4 is 9.73 Å². The maximum absolute atomic E-state index is 11.7. The second kappa shape index (κ2) is 8.18. The average Bonchev–Trinajstić information content (AvgIpc) is 2.74. The average molecular weight is 410 g/mol. The van der Waals surface area contributed by atoms with Gasteiger partial charge >= 0.3 is 0 Å². The highest BCUT2D eigenvalue weighted by molar-refractivity contribution is 7.91. The van der Waals surface area contributed by atoms with Crippen molar-refractivity contribution in [3.63, 3.8) is 0 Å². The summed E-state index contributed by atoms with van der Waals surface area (Å²) in [5.74, 6) is 2.15. The molecule has 8 heteroatoms. The van der Waals surface area contributed by atoms with Crippen molar-refractivity contribution in [2.24, 2.45) is 0 Å². The number of nitrogens with zero attached hydrogens (tertiary/aromatic N) is 2. The Morgan fingerprint density at radius 1 is 0.966 bits per heavy atom. The lowest BCUT2D eigenvalue weighted by Crippen LogP contribution is -2.16. The van der Waals surface area contributed by atoms with Crippen LogP contribution in [0.5, 0.6) is 11.5 Å². The maximum Gasteiger partial charge on any atom is 0.161 e. The Bertz CT molecular complexity index is 1100. The number of hydrogen-bond donors (Lipinski definition) is 2. The van der Waals surface area contributed by atoms with E-state index in [0.29, 0.717) is 23.9 Å². The summed E-state index contributed by atoms with van der Waals surface area (Å²) >= 11 is 0. The molecular formula is C21H22N4O3S. The summed E-state index contributed by atoms with van der Waals surface area (Å²) in [6.45, 7) is 2.64. The predicted molar refractivity (Wildman–Crippen MR) is 110 cm³/mol. The van der Waals surface area contributed by atoms with E-state index < -0.39 is 9.73 Å². The van der Waals surface area contributed by atoms with Gasteiger partial charge in [-0.2, -0.15) is 0 Å². The molecule has 2 heterocycles. The fourth-order valence-corrected chi connectivity index (χ4v) is 3.49. The van der Waals surface area contributed by atoms with Crippen LogP contribution in [0.15, 0.2) is 59.8 Å². The first kappa shape index (κ1) is 19.4. The first-order valence-corrected chi connectivity index (χ1v) is 11.2. The molecule has 29 heavy (non-hydrogen) atoms. The SMILES string of the molecule is C[S@@](=N)(=O)c1cnc(-c2ccc(CNCc3ccc4c(c3)OCCO4)cc2)nc1. The fraction of sp³-hybridized carbons (Fsp3) is 0.238. The summed E-state index contributed by atoms with van der Waals surface area (Å²) in [5, 5.41) is 3.43. The number of aromatic nitrogens is 2. The van der Waals surface area contributed by atoms with Crippen LogP contribution in [0.4, 0.5) is 0 Å². The molecule has 1 aliphatic rings. The third-order valence-electron chi connectivity index (χ3n) is 4.55. The number of benzene rings is 2. The minimum atomic E-state index is -2.80. The largest absolute Gasteiger partial charge is 0.486 e. The normalized spacial score (nSPS) is 14.9. The molecule has 0 bridgehead atoms. The van der Waals surface area contributed by atoms with Gasteiger partial charge in [-0.1, -0.05) is 30.3 Å². The van der Waals surface area contributed by atoms with Crippen molar-refractivity contribution in [1.82, 2.24) is 15.3 Å². The lowest BCUT2D eigenvalue weighted by molar-refractivity contribution is 0.171.